The van der Waals surface area contributed by atoms with Crippen LogP contribution in [0.2, 0.25) is 10.0 Å². The van der Waals surface area contributed by atoms with Crippen LogP contribution in [0.3, 0.4) is 0 Å². The zero-order valence-electron chi connectivity index (χ0n) is 16.7. The number of amides is 1. The molecule has 1 amide bonds. The van der Waals surface area contributed by atoms with Crippen LogP contribution in [-0.2, 0) is 0 Å². The number of hydrogen-bond acceptors (Lipinski definition) is 4. The van der Waals surface area contributed by atoms with Gasteiger partial charge in [0.15, 0.2) is 0 Å². The number of aromatic amines is 1. The van der Waals surface area contributed by atoms with Crippen LogP contribution in [-0.4, -0.2) is 37.2 Å². The molecule has 0 saturated heterocycles. The Bertz CT molecular complexity index is 1170. The van der Waals surface area contributed by atoms with Gasteiger partial charge in [0.05, 0.1) is 32.3 Å². The summed E-state index contributed by atoms with van der Waals surface area (Å²) in [4.78, 5) is 20.7. The Balaban J connectivity index is 1.49. The molecule has 4 rings (SSSR count). The second-order valence-corrected chi connectivity index (χ2v) is 8.15. The number of nitrogens with zero attached hydrogens (tertiary/aromatic N) is 4. The number of nitrogens with one attached hydrogen (secondary N) is 2. The second-order valence-electron chi connectivity index (χ2n) is 7.34. The lowest BCUT2D eigenvalue weighted by molar-refractivity contribution is 0.0951. The summed E-state index contributed by atoms with van der Waals surface area (Å²) >= 11 is 12.7. The highest BCUT2D eigenvalue weighted by atomic mass is 35.5. The van der Waals surface area contributed by atoms with Gasteiger partial charge in [0.1, 0.15) is 18.5 Å². The van der Waals surface area contributed by atoms with Crippen molar-refractivity contribution in [2.45, 2.75) is 26.7 Å². The molecule has 2 heterocycles. The van der Waals surface area contributed by atoms with Crippen molar-refractivity contribution in [3.8, 4) is 5.69 Å². The summed E-state index contributed by atoms with van der Waals surface area (Å²) in [5.41, 5.74) is 5.22. The number of imidazole rings is 1. The molecule has 0 unspecified atom stereocenters. The average molecular weight is 443 g/mol. The first-order valence-corrected chi connectivity index (χ1v) is 10.2. The van der Waals surface area contributed by atoms with Gasteiger partial charge in [-0.2, -0.15) is 0 Å². The number of carbonyl (C=O) groups excluding carboxylic acids is 1. The predicted molar refractivity (Wildman–Crippen MR) is 118 cm³/mol. The lowest BCUT2D eigenvalue weighted by atomic mass is 10.1. The maximum Gasteiger partial charge on any atom is 0.254 e. The van der Waals surface area contributed by atoms with Crippen LogP contribution in [0.15, 0.2) is 36.9 Å². The molecule has 0 radical (unpaired) electrons. The molecule has 0 aliphatic heterocycles. The Kier molecular flexibility index (Phi) is 5.49. The van der Waals surface area contributed by atoms with E-state index in [1.165, 1.54) is 23.8 Å². The summed E-state index contributed by atoms with van der Waals surface area (Å²) < 4.78 is 1.66. The standard InChI is InChI=1S/C21H20Cl2N6O/c1-11-4-17-18(5-12(11)2)28-20(27-17)13(3)8-24-21(30)19-15(22)6-14(7-16(19)23)29-9-25-26-10-29/h4-7,9-10,13H,8H2,1-3H3,(H,24,30)(H,27,28)/t13-/m0/s1. The third-order valence-electron chi connectivity index (χ3n) is 5.12. The molecule has 9 heteroatoms. The topological polar surface area (TPSA) is 88.5 Å². The smallest absolute Gasteiger partial charge is 0.254 e. The van der Waals surface area contributed by atoms with Crippen LogP contribution < -0.4 is 5.32 Å². The minimum Gasteiger partial charge on any atom is -0.351 e. The predicted octanol–water partition coefficient (Wildman–Crippen LogP) is 4.60. The summed E-state index contributed by atoms with van der Waals surface area (Å²) in [6.07, 6.45) is 3.06. The number of H-pyrrole nitrogens is 1. The number of hydrogen-bond donors (Lipinski definition) is 2. The molecule has 2 aromatic heterocycles. The average Bonchev–Trinajstić information content (AvgIpc) is 3.36. The normalized spacial score (nSPS) is 12.3. The van der Waals surface area contributed by atoms with Gasteiger partial charge in [-0.15, -0.1) is 10.2 Å². The summed E-state index contributed by atoms with van der Waals surface area (Å²) in [6.45, 7) is 6.52. The van der Waals surface area contributed by atoms with Crippen LogP contribution in [0.5, 0.6) is 0 Å². The van der Waals surface area contributed by atoms with E-state index in [4.69, 9.17) is 23.2 Å². The first-order valence-electron chi connectivity index (χ1n) is 9.42. The van der Waals surface area contributed by atoms with E-state index >= 15 is 0 Å². The highest BCUT2D eigenvalue weighted by Crippen LogP contribution is 2.28. The number of benzene rings is 2. The summed E-state index contributed by atoms with van der Waals surface area (Å²) in [7, 11) is 0. The zero-order chi connectivity index (χ0) is 21.4. The summed E-state index contributed by atoms with van der Waals surface area (Å²) in [6, 6.07) is 7.45. The van der Waals surface area contributed by atoms with Gasteiger partial charge in [-0.3, -0.25) is 9.36 Å². The number of aromatic nitrogens is 5. The van der Waals surface area contributed by atoms with Crippen LogP contribution >= 0.6 is 23.2 Å². The highest BCUT2D eigenvalue weighted by molar-refractivity contribution is 6.40. The van der Waals surface area contributed by atoms with Gasteiger partial charge in [-0.05, 0) is 49.2 Å². The van der Waals surface area contributed by atoms with Gasteiger partial charge in [-0.1, -0.05) is 30.1 Å². The van der Waals surface area contributed by atoms with E-state index in [1.807, 2.05) is 6.92 Å². The Morgan fingerprint density at radius 2 is 1.73 bits per heavy atom. The minimum atomic E-state index is -0.338. The lowest BCUT2D eigenvalue weighted by Crippen LogP contribution is -2.28. The quantitative estimate of drug-likeness (QED) is 0.472. The molecular weight excluding hydrogens is 423 g/mol. The fourth-order valence-corrected chi connectivity index (χ4v) is 3.86. The number of halogens is 2. The number of fused-ring (bicyclic) bond motifs is 1. The van der Waals surface area contributed by atoms with Gasteiger partial charge >= 0.3 is 0 Å². The molecule has 0 spiro atoms. The van der Waals surface area contributed by atoms with Crippen molar-refractivity contribution in [3.05, 3.63) is 69.5 Å². The fraction of sp³-hybridized carbons (Fsp3) is 0.238. The Hall–Kier alpha value is -2.90. The van der Waals surface area contributed by atoms with Crippen LogP contribution in [0, 0.1) is 13.8 Å². The lowest BCUT2D eigenvalue weighted by Gasteiger charge is -2.13. The second kappa shape index (κ2) is 8.08. The molecular formula is C21H20Cl2N6O. The molecule has 0 aliphatic carbocycles. The van der Waals surface area contributed by atoms with E-state index in [0.717, 1.165) is 16.9 Å². The molecule has 1 atom stereocenters. The largest absolute Gasteiger partial charge is 0.351 e. The Morgan fingerprint density at radius 3 is 2.40 bits per heavy atom. The fourth-order valence-electron chi connectivity index (χ4n) is 3.21. The van der Waals surface area contributed by atoms with E-state index in [2.05, 4.69) is 51.5 Å². The van der Waals surface area contributed by atoms with Gasteiger partial charge in [0.25, 0.3) is 5.91 Å². The summed E-state index contributed by atoms with van der Waals surface area (Å²) in [5, 5.41) is 10.9. The van der Waals surface area contributed by atoms with Crippen molar-refractivity contribution >= 4 is 40.1 Å². The minimum absolute atomic E-state index is 0.0178. The Morgan fingerprint density at radius 1 is 1.10 bits per heavy atom. The van der Waals surface area contributed by atoms with E-state index in [0.29, 0.717) is 12.2 Å². The molecule has 7 nitrogen and oxygen atoms in total. The molecule has 2 aromatic carbocycles. The van der Waals surface area contributed by atoms with E-state index in [-0.39, 0.29) is 27.4 Å². The van der Waals surface area contributed by atoms with Gasteiger partial charge in [0.2, 0.25) is 0 Å². The van der Waals surface area contributed by atoms with Crippen molar-refractivity contribution in [3.63, 3.8) is 0 Å². The monoisotopic (exact) mass is 442 g/mol. The van der Waals surface area contributed by atoms with Crippen LogP contribution in [0.1, 0.15) is 40.2 Å². The van der Waals surface area contributed by atoms with Crippen LogP contribution in [0.25, 0.3) is 16.7 Å². The SMILES string of the molecule is Cc1cc2nc([C@@H](C)CNC(=O)c3c(Cl)cc(-n4cnnc4)cc3Cl)[nH]c2cc1C. The number of aryl methyl sites for hydroxylation is 2. The highest BCUT2D eigenvalue weighted by Gasteiger charge is 2.19. The third-order valence-corrected chi connectivity index (χ3v) is 5.72. The number of carbonyl (C=O) groups is 1. The van der Waals surface area contributed by atoms with Crippen molar-refractivity contribution < 1.29 is 4.79 Å². The molecule has 0 fully saturated rings. The van der Waals surface area contributed by atoms with Gasteiger partial charge < -0.3 is 10.3 Å². The maximum atomic E-state index is 12.7. The van der Waals surface area contributed by atoms with E-state index in [1.54, 1.807) is 16.7 Å². The molecule has 2 N–H and O–H groups in total. The van der Waals surface area contributed by atoms with Crippen molar-refractivity contribution in [2.24, 2.45) is 0 Å². The van der Waals surface area contributed by atoms with Crippen molar-refractivity contribution in [2.75, 3.05) is 6.54 Å². The first kappa shape index (κ1) is 20.4. The molecule has 0 bridgehead atoms. The molecule has 0 aliphatic rings. The Labute approximate surface area is 183 Å². The summed E-state index contributed by atoms with van der Waals surface area (Å²) in [5.74, 6) is 0.459. The first-order chi connectivity index (χ1) is 14.3. The number of rotatable bonds is 5. The van der Waals surface area contributed by atoms with E-state index < -0.39 is 0 Å². The van der Waals surface area contributed by atoms with Crippen molar-refractivity contribution in [1.82, 2.24) is 30.0 Å². The van der Waals surface area contributed by atoms with Gasteiger partial charge in [-0.25, -0.2) is 4.98 Å². The van der Waals surface area contributed by atoms with E-state index in [9.17, 15) is 4.79 Å². The molecule has 4 aromatic rings. The molecule has 154 valence electrons. The van der Waals surface area contributed by atoms with Crippen LogP contribution in [0.4, 0.5) is 0 Å². The zero-order valence-corrected chi connectivity index (χ0v) is 18.2. The maximum absolute atomic E-state index is 12.7. The molecule has 30 heavy (non-hydrogen) atoms. The van der Waals surface area contributed by atoms with Gasteiger partial charge in [0, 0.05) is 12.5 Å². The van der Waals surface area contributed by atoms with Crippen molar-refractivity contribution in [1.29, 1.82) is 0 Å². The third kappa shape index (κ3) is 3.91. The molecule has 0 saturated carbocycles.